The van der Waals surface area contributed by atoms with Crippen molar-refractivity contribution in [2.75, 3.05) is 0 Å². The topological polar surface area (TPSA) is 109 Å². The van der Waals surface area contributed by atoms with Crippen LogP contribution in [0.4, 0.5) is 5.69 Å². The normalized spacial score (nSPS) is 10.1. The Hall–Kier alpha value is -3.14. The number of nitrogens with zero attached hydrogens (tertiary/aromatic N) is 3. The Labute approximate surface area is 119 Å². The van der Waals surface area contributed by atoms with Gasteiger partial charge in [-0.1, -0.05) is 12.1 Å². The summed E-state index contributed by atoms with van der Waals surface area (Å²) in [4.78, 5) is 22.3. The van der Waals surface area contributed by atoms with Gasteiger partial charge in [0.1, 0.15) is 11.6 Å². The Morgan fingerprint density at radius 2 is 2.14 bits per heavy atom. The van der Waals surface area contributed by atoms with Gasteiger partial charge in [0, 0.05) is 30.3 Å². The molecule has 0 unspecified atom stereocenters. The number of non-ortho nitro benzene ring substituents is 1. The van der Waals surface area contributed by atoms with Crippen LogP contribution in [0.2, 0.25) is 0 Å². The third-order valence-electron chi connectivity index (χ3n) is 3.07. The summed E-state index contributed by atoms with van der Waals surface area (Å²) in [6, 6.07) is 8.62. The maximum atomic E-state index is 12.1. The molecule has 1 aromatic carbocycles. The quantitative estimate of drug-likeness (QED) is 0.685. The van der Waals surface area contributed by atoms with Crippen molar-refractivity contribution in [2.45, 2.75) is 13.5 Å². The second-order valence-electron chi connectivity index (χ2n) is 4.26. The van der Waals surface area contributed by atoms with Crippen molar-refractivity contribution in [3.63, 3.8) is 0 Å². The zero-order chi connectivity index (χ0) is 15.6. The molecule has 0 saturated carbocycles. The van der Waals surface area contributed by atoms with Gasteiger partial charge in [0.2, 0.25) is 0 Å². The first-order valence-electron chi connectivity index (χ1n) is 6.11. The largest absolute Gasteiger partial charge is 0.494 e. The molecule has 0 saturated heterocycles. The van der Waals surface area contributed by atoms with E-state index in [-0.39, 0.29) is 29.2 Å². The number of nitro groups is 1. The highest BCUT2D eigenvalue weighted by Crippen LogP contribution is 2.27. The number of nitriles is 1. The maximum absolute atomic E-state index is 12.1. The van der Waals surface area contributed by atoms with Gasteiger partial charge in [0.25, 0.3) is 11.2 Å². The molecule has 2 rings (SSSR count). The van der Waals surface area contributed by atoms with Crippen molar-refractivity contribution in [2.24, 2.45) is 0 Å². The van der Waals surface area contributed by atoms with Gasteiger partial charge in [0.15, 0.2) is 5.88 Å². The van der Waals surface area contributed by atoms with Crippen LogP contribution < -0.4 is 5.56 Å². The predicted octanol–water partition coefficient (Wildman–Crippen LogP) is 2.02. The van der Waals surface area contributed by atoms with E-state index in [0.29, 0.717) is 5.56 Å². The van der Waals surface area contributed by atoms with Crippen LogP contribution in [0.5, 0.6) is 5.88 Å². The highest BCUT2D eigenvalue weighted by Gasteiger charge is 2.16. The number of benzene rings is 1. The van der Waals surface area contributed by atoms with Crippen molar-refractivity contribution in [1.82, 2.24) is 4.57 Å². The Balaban J connectivity index is 2.76. The van der Waals surface area contributed by atoms with Crippen LogP contribution in [-0.2, 0) is 6.54 Å². The third kappa shape index (κ3) is 2.47. The minimum atomic E-state index is -0.624. The molecule has 7 nitrogen and oxygen atoms in total. The average Bonchev–Trinajstić information content (AvgIpc) is 2.47. The van der Waals surface area contributed by atoms with E-state index in [4.69, 9.17) is 0 Å². The maximum Gasteiger partial charge on any atom is 0.271 e. The lowest BCUT2D eigenvalue weighted by Crippen LogP contribution is -2.22. The van der Waals surface area contributed by atoms with E-state index >= 15 is 0 Å². The van der Waals surface area contributed by atoms with Gasteiger partial charge in [-0.25, -0.2) is 0 Å². The number of pyridine rings is 1. The average molecular weight is 285 g/mol. The molecule has 21 heavy (non-hydrogen) atoms. The summed E-state index contributed by atoms with van der Waals surface area (Å²) in [5.41, 5.74) is -0.433. The highest BCUT2D eigenvalue weighted by atomic mass is 16.6. The van der Waals surface area contributed by atoms with Crippen LogP contribution in [0.15, 0.2) is 35.1 Å². The van der Waals surface area contributed by atoms with E-state index in [9.17, 15) is 25.3 Å². The van der Waals surface area contributed by atoms with E-state index in [1.807, 2.05) is 0 Å². The van der Waals surface area contributed by atoms with Crippen molar-refractivity contribution >= 4 is 5.69 Å². The van der Waals surface area contributed by atoms with Crippen LogP contribution in [0.25, 0.3) is 11.1 Å². The van der Waals surface area contributed by atoms with Crippen molar-refractivity contribution in [3.05, 3.63) is 56.4 Å². The lowest BCUT2D eigenvalue weighted by molar-refractivity contribution is -0.384. The molecule has 0 aliphatic heterocycles. The third-order valence-corrected chi connectivity index (χ3v) is 3.07. The summed E-state index contributed by atoms with van der Waals surface area (Å²) >= 11 is 0. The van der Waals surface area contributed by atoms with Gasteiger partial charge in [-0.05, 0) is 12.5 Å². The highest BCUT2D eigenvalue weighted by molar-refractivity contribution is 5.72. The van der Waals surface area contributed by atoms with Crippen LogP contribution in [0.1, 0.15) is 12.5 Å². The fraction of sp³-hybridized carbons (Fsp3) is 0.143. The second-order valence-corrected chi connectivity index (χ2v) is 4.26. The van der Waals surface area contributed by atoms with Crippen LogP contribution in [0, 0.1) is 21.4 Å². The van der Waals surface area contributed by atoms with Gasteiger partial charge in [-0.15, -0.1) is 0 Å². The Bertz CT molecular complexity index is 818. The molecule has 0 aliphatic carbocycles. The van der Waals surface area contributed by atoms with E-state index in [0.717, 1.165) is 4.57 Å². The van der Waals surface area contributed by atoms with Crippen molar-refractivity contribution in [3.8, 4) is 23.1 Å². The smallest absolute Gasteiger partial charge is 0.271 e. The summed E-state index contributed by atoms with van der Waals surface area (Å²) in [7, 11) is 0. The van der Waals surface area contributed by atoms with Gasteiger partial charge in [-0.2, -0.15) is 5.26 Å². The number of aromatic hydroxyl groups is 1. The molecule has 1 N–H and O–H groups in total. The lowest BCUT2D eigenvalue weighted by atomic mass is 10.0. The molecule has 0 atom stereocenters. The molecular weight excluding hydrogens is 274 g/mol. The monoisotopic (exact) mass is 285 g/mol. The van der Waals surface area contributed by atoms with Gasteiger partial charge >= 0.3 is 0 Å². The first-order valence-corrected chi connectivity index (χ1v) is 6.11. The minimum absolute atomic E-state index is 0.157. The molecule has 106 valence electrons. The fourth-order valence-corrected chi connectivity index (χ4v) is 2.06. The van der Waals surface area contributed by atoms with Crippen molar-refractivity contribution < 1.29 is 10.0 Å². The molecule has 0 spiro atoms. The fourth-order valence-electron chi connectivity index (χ4n) is 2.06. The molecule has 0 bridgehead atoms. The number of nitro benzene ring substituents is 1. The first kappa shape index (κ1) is 14.3. The molecule has 7 heteroatoms. The van der Waals surface area contributed by atoms with Gasteiger partial charge in [0.05, 0.1) is 4.92 Å². The molecular formula is C14H11N3O4. The standard InChI is InChI=1S/C14H11N3O4/c1-2-16-13(18)7-11(12(8-15)14(16)19)9-4-3-5-10(6-9)17(20)21/h3-7,18H,2H2,1H3. The summed E-state index contributed by atoms with van der Waals surface area (Å²) in [6.07, 6.45) is 0. The lowest BCUT2D eigenvalue weighted by Gasteiger charge is -2.10. The first-order chi connectivity index (χ1) is 9.99. The molecule has 0 fully saturated rings. The van der Waals surface area contributed by atoms with Gasteiger partial charge < -0.3 is 5.11 Å². The molecule has 1 aromatic heterocycles. The van der Waals surface area contributed by atoms with Crippen molar-refractivity contribution in [1.29, 1.82) is 5.26 Å². The number of hydrogen-bond acceptors (Lipinski definition) is 5. The van der Waals surface area contributed by atoms with Crippen LogP contribution in [-0.4, -0.2) is 14.6 Å². The summed E-state index contributed by atoms with van der Waals surface area (Å²) in [5.74, 6) is -0.289. The minimum Gasteiger partial charge on any atom is -0.494 e. The number of aromatic nitrogens is 1. The van der Waals surface area contributed by atoms with E-state index in [1.54, 1.807) is 19.1 Å². The zero-order valence-electron chi connectivity index (χ0n) is 11.1. The summed E-state index contributed by atoms with van der Waals surface area (Å²) < 4.78 is 1.05. The van der Waals surface area contributed by atoms with Gasteiger partial charge in [-0.3, -0.25) is 19.5 Å². The SMILES string of the molecule is CCn1c(O)cc(-c2cccc([N+](=O)[O-])c2)c(C#N)c1=O. The predicted molar refractivity (Wildman–Crippen MR) is 74.8 cm³/mol. The number of hydrogen-bond donors (Lipinski definition) is 1. The number of rotatable bonds is 3. The molecule has 0 aliphatic rings. The summed E-state index contributed by atoms with van der Waals surface area (Å²) in [5, 5.41) is 29.8. The Kier molecular flexibility index (Phi) is 3.71. The molecule has 2 aromatic rings. The molecule has 0 radical (unpaired) electrons. The molecule has 0 amide bonds. The Morgan fingerprint density at radius 1 is 1.43 bits per heavy atom. The van der Waals surface area contributed by atoms with E-state index < -0.39 is 10.5 Å². The van der Waals surface area contributed by atoms with E-state index in [2.05, 4.69) is 0 Å². The van der Waals surface area contributed by atoms with E-state index in [1.165, 1.54) is 24.3 Å². The summed E-state index contributed by atoms with van der Waals surface area (Å²) in [6.45, 7) is 1.88. The Morgan fingerprint density at radius 3 is 2.71 bits per heavy atom. The second kappa shape index (κ2) is 5.46. The molecule has 1 heterocycles. The van der Waals surface area contributed by atoms with Crippen LogP contribution in [0.3, 0.4) is 0 Å². The zero-order valence-corrected chi connectivity index (χ0v) is 11.1. The van der Waals surface area contributed by atoms with Crippen LogP contribution >= 0.6 is 0 Å².